The summed E-state index contributed by atoms with van der Waals surface area (Å²) in [5, 5.41) is 3.13. The van der Waals surface area contributed by atoms with Crippen LogP contribution in [0.5, 0.6) is 0 Å². The van der Waals surface area contributed by atoms with Crippen molar-refractivity contribution in [3.63, 3.8) is 0 Å². The van der Waals surface area contributed by atoms with Crippen molar-refractivity contribution in [2.45, 2.75) is 50.8 Å². The van der Waals surface area contributed by atoms with E-state index >= 15 is 0 Å². The Balaban J connectivity index is 1.48. The molecule has 0 spiro atoms. The van der Waals surface area contributed by atoms with E-state index in [-0.39, 0.29) is 22.0 Å². The summed E-state index contributed by atoms with van der Waals surface area (Å²) in [6.07, 6.45) is 3.97. The summed E-state index contributed by atoms with van der Waals surface area (Å²) in [7, 11) is -3.53. The Morgan fingerprint density at radius 2 is 1.77 bits per heavy atom. The Hall–Kier alpha value is -2.10. The highest BCUT2D eigenvalue weighted by Crippen LogP contribution is 2.38. The number of sulfonamides is 1. The van der Waals surface area contributed by atoms with E-state index in [2.05, 4.69) is 10.3 Å². The fourth-order valence-electron chi connectivity index (χ4n) is 3.98. The van der Waals surface area contributed by atoms with Gasteiger partial charge in [0.05, 0.1) is 15.5 Å². The lowest BCUT2D eigenvalue weighted by molar-refractivity contribution is 0.0915. The van der Waals surface area contributed by atoms with Crippen molar-refractivity contribution in [3.05, 3.63) is 40.4 Å². The van der Waals surface area contributed by atoms with Crippen molar-refractivity contribution in [1.29, 1.82) is 0 Å². The number of hydrogen-bond acceptors (Lipinski definition) is 6. The number of amides is 1. The number of aromatic nitrogens is 1. The van der Waals surface area contributed by atoms with Crippen molar-refractivity contribution in [2.24, 2.45) is 5.41 Å². The molecule has 2 aromatic rings. The number of fused-ring (bicyclic) bond motifs is 1. The molecule has 4 rings (SSSR count). The van der Waals surface area contributed by atoms with Gasteiger partial charge in [-0.3, -0.25) is 14.9 Å². The van der Waals surface area contributed by atoms with Crippen molar-refractivity contribution < 1.29 is 18.0 Å². The van der Waals surface area contributed by atoms with Gasteiger partial charge in [-0.2, -0.15) is 4.31 Å². The average Bonchev–Trinajstić information content (AvgIpc) is 3.10. The van der Waals surface area contributed by atoms with E-state index in [1.165, 1.54) is 39.9 Å². The van der Waals surface area contributed by atoms with Crippen molar-refractivity contribution >= 4 is 38.2 Å². The van der Waals surface area contributed by atoms with Gasteiger partial charge in [-0.15, -0.1) is 0 Å². The summed E-state index contributed by atoms with van der Waals surface area (Å²) in [6.45, 7) is 5.14. The Bertz CT molecular complexity index is 1080. The van der Waals surface area contributed by atoms with Crippen LogP contribution in [0.3, 0.4) is 0 Å². The standard InChI is InChI=1S/C21H25N3O4S2/c1-21(2)12-16-18(17(25)13-21)29-20(22-16)23-19(26)14-6-8-15(9-7-14)30(27,28)24-10-4-3-5-11-24/h6-9H,3-5,10-13H2,1-2H3,(H,22,23,26). The molecule has 0 unspecified atom stereocenters. The summed E-state index contributed by atoms with van der Waals surface area (Å²) in [6, 6.07) is 5.96. The zero-order valence-electron chi connectivity index (χ0n) is 17.1. The van der Waals surface area contributed by atoms with Crippen LogP contribution in [-0.2, 0) is 16.4 Å². The smallest absolute Gasteiger partial charge is 0.257 e. The molecule has 160 valence electrons. The zero-order chi connectivity index (χ0) is 21.5. The molecule has 2 heterocycles. The van der Waals surface area contributed by atoms with E-state index in [0.29, 0.717) is 41.5 Å². The summed E-state index contributed by atoms with van der Waals surface area (Å²) in [5.74, 6) is -0.318. The van der Waals surface area contributed by atoms with Crippen LogP contribution in [0.2, 0.25) is 0 Å². The second kappa shape index (κ2) is 7.86. The molecule has 1 aliphatic carbocycles. The lowest BCUT2D eigenvalue weighted by Gasteiger charge is -2.26. The first kappa shape index (κ1) is 21.1. The molecule has 0 atom stereocenters. The average molecular weight is 448 g/mol. The maximum Gasteiger partial charge on any atom is 0.257 e. The Morgan fingerprint density at radius 1 is 1.10 bits per heavy atom. The van der Waals surface area contributed by atoms with Crippen LogP contribution in [0.15, 0.2) is 29.2 Å². The number of ketones is 1. The molecule has 9 heteroatoms. The fourth-order valence-corrected chi connectivity index (χ4v) is 6.41. The number of Topliss-reactive ketones (excluding diaryl/α,β-unsaturated/α-hetero) is 1. The molecule has 1 fully saturated rings. The lowest BCUT2D eigenvalue weighted by atomic mass is 9.78. The second-order valence-corrected chi connectivity index (χ2v) is 11.6. The minimum absolute atomic E-state index is 0.0616. The normalized spacial score (nSPS) is 19.3. The highest BCUT2D eigenvalue weighted by Gasteiger charge is 2.34. The number of thiazole rings is 1. The number of rotatable bonds is 4. The zero-order valence-corrected chi connectivity index (χ0v) is 18.7. The van der Waals surface area contributed by atoms with E-state index < -0.39 is 10.0 Å². The highest BCUT2D eigenvalue weighted by molar-refractivity contribution is 7.89. The first-order valence-corrected chi connectivity index (χ1v) is 12.4. The number of nitrogens with zero attached hydrogens (tertiary/aromatic N) is 2. The molecule has 30 heavy (non-hydrogen) atoms. The minimum atomic E-state index is -3.53. The number of carbonyl (C=O) groups excluding carboxylic acids is 2. The SMILES string of the molecule is CC1(C)CC(=O)c2sc(NC(=O)c3ccc(S(=O)(=O)N4CCCCC4)cc3)nc2C1. The van der Waals surface area contributed by atoms with Crippen LogP contribution < -0.4 is 5.32 Å². The maximum atomic E-state index is 12.7. The second-order valence-electron chi connectivity index (χ2n) is 8.68. The number of anilines is 1. The Labute approximate surface area is 180 Å². The number of carbonyl (C=O) groups is 2. The van der Waals surface area contributed by atoms with Gasteiger partial charge in [-0.25, -0.2) is 13.4 Å². The van der Waals surface area contributed by atoms with Gasteiger partial charge in [0.1, 0.15) is 0 Å². The van der Waals surface area contributed by atoms with E-state index in [1.807, 2.05) is 13.8 Å². The van der Waals surface area contributed by atoms with Crippen LogP contribution in [-0.4, -0.2) is 42.5 Å². The quantitative estimate of drug-likeness (QED) is 0.770. The molecule has 0 radical (unpaired) electrons. The summed E-state index contributed by atoms with van der Waals surface area (Å²) in [4.78, 5) is 30.2. The first-order chi connectivity index (χ1) is 14.2. The third-order valence-corrected chi connectivity index (χ3v) is 8.49. The number of hydrogen-bond donors (Lipinski definition) is 1. The van der Waals surface area contributed by atoms with Crippen LogP contribution in [0.4, 0.5) is 5.13 Å². The van der Waals surface area contributed by atoms with E-state index in [0.717, 1.165) is 25.0 Å². The molecule has 7 nitrogen and oxygen atoms in total. The van der Waals surface area contributed by atoms with Crippen molar-refractivity contribution in [3.8, 4) is 0 Å². The lowest BCUT2D eigenvalue weighted by Crippen LogP contribution is -2.35. The fraction of sp³-hybridized carbons (Fsp3) is 0.476. The largest absolute Gasteiger partial charge is 0.298 e. The van der Waals surface area contributed by atoms with Gasteiger partial charge in [0.2, 0.25) is 10.0 Å². The molecular weight excluding hydrogens is 422 g/mol. The molecule has 0 saturated carbocycles. The van der Waals surface area contributed by atoms with Crippen molar-refractivity contribution in [2.75, 3.05) is 18.4 Å². The van der Waals surface area contributed by atoms with Gasteiger partial charge in [-0.1, -0.05) is 31.6 Å². The van der Waals surface area contributed by atoms with Crippen LogP contribution in [0, 0.1) is 5.41 Å². The molecule has 1 saturated heterocycles. The first-order valence-electron chi connectivity index (χ1n) is 10.1. The molecule has 1 aromatic carbocycles. The Morgan fingerprint density at radius 3 is 2.43 bits per heavy atom. The van der Waals surface area contributed by atoms with E-state index in [1.54, 1.807) is 0 Å². The van der Waals surface area contributed by atoms with Gasteiger partial charge in [0.25, 0.3) is 5.91 Å². The number of benzene rings is 1. The molecule has 1 amide bonds. The van der Waals surface area contributed by atoms with Gasteiger partial charge in [0.15, 0.2) is 10.9 Å². The number of piperidine rings is 1. The van der Waals surface area contributed by atoms with Crippen LogP contribution >= 0.6 is 11.3 Å². The Kier molecular flexibility index (Phi) is 5.54. The minimum Gasteiger partial charge on any atom is -0.298 e. The monoisotopic (exact) mass is 447 g/mol. The highest BCUT2D eigenvalue weighted by atomic mass is 32.2. The molecule has 1 aliphatic heterocycles. The van der Waals surface area contributed by atoms with Gasteiger partial charge in [-0.05, 0) is 48.9 Å². The number of nitrogens with one attached hydrogen (secondary N) is 1. The molecule has 1 aromatic heterocycles. The van der Waals surface area contributed by atoms with Crippen molar-refractivity contribution in [1.82, 2.24) is 9.29 Å². The molecule has 1 N–H and O–H groups in total. The summed E-state index contributed by atoms with van der Waals surface area (Å²) < 4.78 is 27.0. The molecule has 2 aliphatic rings. The summed E-state index contributed by atoms with van der Waals surface area (Å²) in [5.41, 5.74) is 0.946. The van der Waals surface area contributed by atoms with Crippen LogP contribution in [0.1, 0.15) is 65.3 Å². The summed E-state index contributed by atoms with van der Waals surface area (Å²) >= 11 is 1.20. The van der Waals surface area contributed by atoms with E-state index in [4.69, 9.17) is 0 Å². The third kappa shape index (κ3) is 4.19. The van der Waals surface area contributed by atoms with Crippen LogP contribution in [0.25, 0.3) is 0 Å². The predicted molar refractivity (Wildman–Crippen MR) is 116 cm³/mol. The predicted octanol–water partition coefficient (Wildman–Crippen LogP) is 3.73. The van der Waals surface area contributed by atoms with Gasteiger partial charge < -0.3 is 0 Å². The van der Waals surface area contributed by atoms with E-state index in [9.17, 15) is 18.0 Å². The third-order valence-electron chi connectivity index (χ3n) is 5.53. The molecular formula is C21H25N3O4S2. The van der Waals surface area contributed by atoms with Gasteiger partial charge >= 0.3 is 0 Å². The molecule has 0 bridgehead atoms. The van der Waals surface area contributed by atoms with Gasteiger partial charge in [0, 0.05) is 25.1 Å². The topological polar surface area (TPSA) is 96.4 Å². The maximum absolute atomic E-state index is 12.7.